The Morgan fingerprint density at radius 1 is 1.24 bits per heavy atom. The van der Waals surface area contributed by atoms with Gasteiger partial charge in [0.25, 0.3) is 0 Å². The van der Waals surface area contributed by atoms with Crippen molar-refractivity contribution < 1.29 is 9.59 Å². The van der Waals surface area contributed by atoms with E-state index in [1.54, 1.807) is 4.90 Å². The van der Waals surface area contributed by atoms with Crippen LogP contribution in [0.3, 0.4) is 0 Å². The van der Waals surface area contributed by atoms with E-state index >= 15 is 0 Å². The zero-order valence-corrected chi connectivity index (χ0v) is 13.8. The van der Waals surface area contributed by atoms with Crippen LogP contribution < -0.4 is 10.6 Å². The third-order valence-corrected chi connectivity index (χ3v) is 3.84. The zero-order chi connectivity index (χ0) is 15.8. The molecule has 2 amide bonds. The van der Waals surface area contributed by atoms with E-state index < -0.39 is 0 Å². The maximum absolute atomic E-state index is 12.3. The molecule has 21 heavy (non-hydrogen) atoms. The van der Waals surface area contributed by atoms with Crippen molar-refractivity contribution in [2.75, 3.05) is 39.8 Å². The molecule has 1 aliphatic heterocycles. The minimum atomic E-state index is -0.0929. The van der Waals surface area contributed by atoms with Crippen molar-refractivity contribution in [1.82, 2.24) is 20.4 Å². The highest BCUT2D eigenvalue weighted by Crippen LogP contribution is 2.09. The first kappa shape index (κ1) is 17.9. The van der Waals surface area contributed by atoms with Crippen LogP contribution in [0, 0.1) is 0 Å². The van der Waals surface area contributed by atoms with Gasteiger partial charge in [-0.1, -0.05) is 0 Å². The Bertz CT molecular complexity index is 341. The summed E-state index contributed by atoms with van der Waals surface area (Å²) in [4.78, 5) is 27.9. The van der Waals surface area contributed by atoms with Gasteiger partial charge in [-0.2, -0.15) is 0 Å². The lowest BCUT2D eigenvalue weighted by Crippen LogP contribution is -2.48. The molecule has 6 heteroatoms. The van der Waals surface area contributed by atoms with Crippen LogP contribution in [-0.4, -0.2) is 73.5 Å². The highest BCUT2D eigenvalue weighted by Gasteiger charge is 2.22. The first-order valence-electron chi connectivity index (χ1n) is 7.92. The summed E-state index contributed by atoms with van der Waals surface area (Å²) in [5.74, 6) is -0.0674. The number of hydrogen-bond donors (Lipinski definition) is 2. The lowest BCUT2D eigenvalue weighted by atomic mass is 10.1. The first-order chi connectivity index (χ1) is 9.93. The van der Waals surface area contributed by atoms with Crippen LogP contribution in [0.25, 0.3) is 0 Å². The molecule has 0 radical (unpaired) electrons. The Morgan fingerprint density at radius 2 is 1.86 bits per heavy atom. The molecule has 0 aromatic carbocycles. The monoisotopic (exact) mass is 298 g/mol. The highest BCUT2D eigenvalue weighted by atomic mass is 16.2. The Balaban J connectivity index is 2.44. The molecule has 1 heterocycles. The van der Waals surface area contributed by atoms with Crippen LogP contribution >= 0.6 is 0 Å². The van der Waals surface area contributed by atoms with E-state index in [0.717, 1.165) is 25.9 Å². The van der Waals surface area contributed by atoms with E-state index in [1.165, 1.54) is 0 Å². The fourth-order valence-electron chi connectivity index (χ4n) is 2.61. The molecule has 1 saturated heterocycles. The number of hydrogen-bond acceptors (Lipinski definition) is 4. The topological polar surface area (TPSA) is 64.7 Å². The predicted octanol–water partition coefficient (Wildman–Crippen LogP) is 0.0433. The summed E-state index contributed by atoms with van der Waals surface area (Å²) in [5.41, 5.74) is 0. The minimum Gasteiger partial charge on any atom is -0.352 e. The highest BCUT2D eigenvalue weighted by molar-refractivity contribution is 5.85. The lowest BCUT2D eigenvalue weighted by molar-refractivity contribution is -0.137. The minimum absolute atomic E-state index is 0.0254. The van der Waals surface area contributed by atoms with Gasteiger partial charge in [0.1, 0.15) is 0 Å². The molecule has 0 aromatic rings. The molecule has 1 fully saturated rings. The van der Waals surface area contributed by atoms with Crippen LogP contribution in [0.5, 0.6) is 0 Å². The molecule has 0 atom stereocenters. The van der Waals surface area contributed by atoms with Crippen LogP contribution in [-0.2, 0) is 9.59 Å². The van der Waals surface area contributed by atoms with E-state index in [2.05, 4.69) is 15.5 Å². The number of nitrogens with zero attached hydrogens (tertiary/aromatic N) is 2. The quantitative estimate of drug-likeness (QED) is 0.697. The Kier molecular flexibility index (Phi) is 7.67. The van der Waals surface area contributed by atoms with Crippen LogP contribution in [0.15, 0.2) is 0 Å². The molecule has 122 valence electrons. The smallest absolute Gasteiger partial charge is 0.239 e. The van der Waals surface area contributed by atoms with Gasteiger partial charge in [0.05, 0.1) is 13.1 Å². The van der Waals surface area contributed by atoms with Crippen molar-refractivity contribution in [2.45, 2.75) is 45.7 Å². The van der Waals surface area contributed by atoms with Gasteiger partial charge in [0, 0.05) is 18.6 Å². The number of amides is 2. The Labute approximate surface area is 128 Å². The first-order valence-corrected chi connectivity index (χ1v) is 7.92. The van der Waals surface area contributed by atoms with E-state index in [1.807, 2.05) is 27.8 Å². The molecule has 1 rings (SSSR count). The van der Waals surface area contributed by atoms with Gasteiger partial charge in [-0.3, -0.25) is 14.5 Å². The standard InChI is InChI=1S/C15H30N4O2/c1-5-19(10-14(20)17-12(2)3)15(21)11-18(4)13-6-8-16-9-7-13/h12-13,16H,5-11H2,1-4H3,(H,17,20). The van der Waals surface area contributed by atoms with Gasteiger partial charge in [0.2, 0.25) is 11.8 Å². The van der Waals surface area contributed by atoms with Gasteiger partial charge in [-0.25, -0.2) is 0 Å². The molecular weight excluding hydrogens is 268 g/mol. The zero-order valence-electron chi connectivity index (χ0n) is 13.8. The molecule has 0 bridgehead atoms. The Morgan fingerprint density at radius 3 is 2.38 bits per heavy atom. The summed E-state index contributed by atoms with van der Waals surface area (Å²) in [7, 11) is 2.00. The summed E-state index contributed by atoms with van der Waals surface area (Å²) in [6.07, 6.45) is 2.15. The summed E-state index contributed by atoms with van der Waals surface area (Å²) in [6, 6.07) is 0.558. The Hall–Kier alpha value is -1.14. The third-order valence-electron chi connectivity index (χ3n) is 3.84. The second kappa shape index (κ2) is 9.00. The van der Waals surface area contributed by atoms with Crippen molar-refractivity contribution >= 4 is 11.8 Å². The number of rotatable bonds is 7. The maximum atomic E-state index is 12.3. The summed E-state index contributed by atoms with van der Waals surface area (Å²) >= 11 is 0. The average molecular weight is 298 g/mol. The van der Waals surface area contributed by atoms with Crippen LogP contribution in [0.4, 0.5) is 0 Å². The molecule has 0 unspecified atom stereocenters. The second-order valence-corrected chi connectivity index (χ2v) is 6.03. The molecule has 1 aliphatic rings. The van der Waals surface area contributed by atoms with Crippen molar-refractivity contribution in [3.63, 3.8) is 0 Å². The van der Waals surface area contributed by atoms with E-state index in [-0.39, 0.29) is 24.4 Å². The summed E-state index contributed by atoms with van der Waals surface area (Å²) in [6.45, 7) is 8.85. The van der Waals surface area contributed by atoms with Crippen molar-refractivity contribution in [1.29, 1.82) is 0 Å². The maximum Gasteiger partial charge on any atom is 0.239 e. The predicted molar refractivity (Wildman–Crippen MR) is 84.1 cm³/mol. The molecule has 2 N–H and O–H groups in total. The molecule has 0 aromatic heterocycles. The molecule has 6 nitrogen and oxygen atoms in total. The largest absolute Gasteiger partial charge is 0.352 e. The van der Waals surface area contributed by atoms with Gasteiger partial charge < -0.3 is 15.5 Å². The van der Waals surface area contributed by atoms with Gasteiger partial charge in [0.15, 0.2) is 0 Å². The molecule has 0 spiro atoms. The van der Waals surface area contributed by atoms with Gasteiger partial charge in [-0.15, -0.1) is 0 Å². The molecular formula is C15H30N4O2. The van der Waals surface area contributed by atoms with Crippen molar-refractivity contribution in [2.24, 2.45) is 0 Å². The summed E-state index contributed by atoms with van der Waals surface area (Å²) < 4.78 is 0. The lowest BCUT2D eigenvalue weighted by Gasteiger charge is -2.32. The van der Waals surface area contributed by atoms with E-state index in [4.69, 9.17) is 0 Å². The van der Waals surface area contributed by atoms with Crippen LogP contribution in [0.2, 0.25) is 0 Å². The van der Waals surface area contributed by atoms with Gasteiger partial charge >= 0.3 is 0 Å². The fraction of sp³-hybridized carbons (Fsp3) is 0.867. The number of piperidine rings is 1. The van der Waals surface area contributed by atoms with Gasteiger partial charge in [-0.05, 0) is 53.8 Å². The summed E-state index contributed by atoms with van der Waals surface area (Å²) in [5, 5.41) is 6.15. The second-order valence-electron chi connectivity index (χ2n) is 6.03. The van der Waals surface area contributed by atoms with Crippen molar-refractivity contribution in [3.8, 4) is 0 Å². The normalized spacial score (nSPS) is 16.3. The van der Waals surface area contributed by atoms with E-state index in [9.17, 15) is 9.59 Å². The average Bonchev–Trinajstić information content (AvgIpc) is 2.44. The number of nitrogens with one attached hydrogen (secondary N) is 2. The number of likely N-dealkylation sites (N-methyl/N-ethyl adjacent to an activating group) is 2. The SMILES string of the molecule is CCN(CC(=O)NC(C)C)C(=O)CN(C)C1CCNCC1. The fourth-order valence-corrected chi connectivity index (χ4v) is 2.61. The molecule has 0 saturated carbocycles. The van der Waals surface area contributed by atoms with Crippen molar-refractivity contribution in [3.05, 3.63) is 0 Å². The third kappa shape index (κ3) is 6.44. The van der Waals surface area contributed by atoms with Crippen LogP contribution in [0.1, 0.15) is 33.6 Å². The van der Waals surface area contributed by atoms with E-state index in [0.29, 0.717) is 19.1 Å². The number of carbonyl (C=O) groups is 2. The number of carbonyl (C=O) groups excluding carboxylic acids is 2. The molecule has 0 aliphatic carbocycles.